The van der Waals surface area contributed by atoms with Crippen LogP contribution in [0.2, 0.25) is 0 Å². The van der Waals surface area contributed by atoms with Gasteiger partial charge in [0.05, 0.1) is 28.2 Å². The Balaban J connectivity index is 2.43. The maximum atomic E-state index is 5.69. The first kappa shape index (κ1) is 12.3. The topological polar surface area (TPSA) is 59.1 Å². The maximum Gasteiger partial charge on any atom is 0.472 e. The van der Waals surface area contributed by atoms with Crippen molar-refractivity contribution >= 4 is 17.2 Å². The molecule has 0 saturated carbocycles. The zero-order chi connectivity index (χ0) is 13.3. The molecule has 7 nitrogen and oxygen atoms in total. The van der Waals surface area contributed by atoms with Crippen molar-refractivity contribution in [2.45, 2.75) is 6.92 Å². The highest BCUT2D eigenvalue weighted by Crippen LogP contribution is 2.07. The summed E-state index contributed by atoms with van der Waals surface area (Å²) in [5.74, 6) is 0. The molecule has 0 N–H and O–H groups in total. The second kappa shape index (κ2) is 4.59. The normalized spacial score (nSPS) is 10.5. The van der Waals surface area contributed by atoms with Crippen molar-refractivity contribution in [3.63, 3.8) is 0 Å². The molecule has 0 aliphatic heterocycles. The average molecular weight is 249 g/mol. The Labute approximate surface area is 105 Å². The predicted molar refractivity (Wildman–Crippen MR) is 67.4 cm³/mol. The largest absolute Gasteiger partial charge is 0.472 e. The Morgan fingerprint density at radius 3 is 2.67 bits per heavy atom. The minimum atomic E-state index is 0.608. The van der Waals surface area contributed by atoms with E-state index in [1.807, 2.05) is 56.7 Å². The minimum absolute atomic E-state index is 0.608. The van der Waals surface area contributed by atoms with Crippen molar-refractivity contribution in [1.82, 2.24) is 25.0 Å². The van der Waals surface area contributed by atoms with E-state index in [0.717, 1.165) is 5.69 Å². The van der Waals surface area contributed by atoms with Gasteiger partial charge in [-0.15, -0.1) is 5.10 Å². The van der Waals surface area contributed by atoms with Crippen LogP contribution in [0.4, 0.5) is 0 Å². The molecule has 7 heteroatoms. The van der Waals surface area contributed by atoms with Gasteiger partial charge in [0, 0.05) is 5.69 Å². The molecule has 96 valence electrons. The van der Waals surface area contributed by atoms with E-state index < -0.39 is 0 Å². The summed E-state index contributed by atoms with van der Waals surface area (Å²) < 4.78 is 1.85. The summed E-state index contributed by atoms with van der Waals surface area (Å²) in [6, 6.07) is 4.41. The SMILES string of the molecule is Cc1ccc2nnn(OC(N(C)C)=[N+](C)C)c2n1. The van der Waals surface area contributed by atoms with Crippen LogP contribution in [0, 0.1) is 6.92 Å². The monoisotopic (exact) mass is 249 g/mol. The molecule has 0 spiro atoms. The van der Waals surface area contributed by atoms with Crippen molar-refractivity contribution in [2.24, 2.45) is 0 Å². The first-order chi connectivity index (χ1) is 8.49. The van der Waals surface area contributed by atoms with Gasteiger partial charge in [0.1, 0.15) is 5.52 Å². The summed E-state index contributed by atoms with van der Waals surface area (Å²) in [4.78, 5) is 13.2. The van der Waals surface area contributed by atoms with Crippen LogP contribution < -0.4 is 4.84 Å². The molecule has 0 amide bonds. The van der Waals surface area contributed by atoms with Gasteiger partial charge in [0.15, 0.2) is 0 Å². The van der Waals surface area contributed by atoms with Gasteiger partial charge in [-0.25, -0.2) is 14.5 Å². The van der Waals surface area contributed by atoms with Crippen LogP contribution in [0.3, 0.4) is 0 Å². The molecule has 0 fully saturated rings. The Morgan fingerprint density at radius 2 is 2.06 bits per heavy atom. The van der Waals surface area contributed by atoms with E-state index in [-0.39, 0.29) is 0 Å². The fourth-order valence-electron chi connectivity index (χ4n) is 1.59. The van der Waals surface area contributed by atoms with E-state index in [4.69, 9.17) is 4.84 Å². The highest BCUT2D eigenvalue weighted by Gasteiger charge is 2.18. The van der Waals surface area contributed by atoms with Gasteiger partial charge >= 0.3 is 6.02 Å². The maximum absolute atomic E-state index is 5.69. The Morgan fingerprint density at radius 1 is 1.33 bits per heavy atom. The fraction of sp³-hybridized carbons (Fsp3) is 0.455. The van der Waals surface area contributed by atoms with Gasteiger partial charge in [-0.3, -0.25) is 4.84 Å². The van der Waals surface area contributed by atoms with Crippen LogP contribution in [0.15, 0.2) is 12.1 Å². The van der Waals surface area contributed by atoms with Crippen LogP contribution in [-0.4, -0.2) is 63.8 Å². The molecule has 2 rings (SSSR count). The third kappa shape index (κ3) is 2.24. The zero-order valence-corrected chi connectivity index (χ0v) is 11.2. The lowest BCUT2D eigenvalue weighted by Crippen LogP contribution is -2.39. The number of nitrogens with zero attached hydrogens (tertiary/aromatic N) is 6. The molecule has 18 heavy (non-hydrogen) atoms. The summed E-state index contributed by atoms with van der Waals surface area (Å²) in [6.07, 6.45) is 0. The van der Waals surface area contributed by atoms with E-state index in [2.05, 4.69) is 15.3 Å². The third-order valence-electron chi connectivity index (χ3n) is 2.34. The van der Waals surface area contributed by atoms with E-state index >= 15 is 0 Å². The number of fused-ring (bicyclic) bond motifs is 1. The lowest BCUT2D eigenvalue weighted by atomic mass is 10.3. The number of rotatable bonds is 1. The molecular formula is C11H17N6O+. The molecule has 0 unspecified atom stereocenters. The summed E-state index contributed by atoms with van der Waals surface area (Å²) in [7, 11) is 7.58. The second-order valence-corrected chi connectivity index (χ2v) is 4.42. The number of hydrogen-bond acceptors (Lipinski definition) is 4. The summed E-state index contributed by atoms with van der Waals surface area (Å²) in [5.41, 5.74) is 2.21. The highest BCUT2D eigenvalue weighted by molar-refractivity contribution is 5.72. The van der Waals surface area contributed by atoms with Crippen LogP contribution in [0.25, 0.3) is 11.2 Å². The predicted octanol–water partition coefficient (Wildman–Crippen LogP) is -0.247. The molecule has 0 radical (unpaired) electrons. The van der Waals surface area contributed by atoms with Crippen LogP contribution in [0.5, 0.6) is 0 Å². The zero-order valence-electron chi connectivity index (χ0n) is 11.2. The fourth-order valence-corrected chi connectivity index (χ4v) is 1.59. The Hall–Kier alpha value is -2.18. The van der Waals surface area contributed by atoms with Crippen LogP contribution in [-0.2, 0) is 0 Å². The molecule has 0 aliphatic rings. The molecule has 0 bridgehead atoms. The van der Waals surface area contributed by atoms with Crippen molar-refractivity contribution < 1.29 is 9.41 Å². The molecule has 0 aliphatic carbocycles. The summed E-state index contributed by atoms with van der Waals surface area (Å²) in [5, 5.41) is 7.96. The quantitative estimate of drug-likeness (QED) is 0.396. The molecule has 2 aromatic rings. The summed E-state index contributed by atoms with van der Waals surface area (Å²) in [6.45, 7) is 1.92. The van der Waals surface area contributed by atoms with Crippen LogP contribution >= 0.6 is 0 Å². The standard InChI is InChI=1S/C11H17N6O/c1-8-6-7-9-10(12-8)17(14-13-9)18-11(15(2)3)16(4)5/h6-7H,1-5H3/q+1. The lowest BCUT2D eigenvalue weighted by Gasteiger charge is -2.10. The van der Waals surface area contributed by atoms with Crippen molar-refractivity contribution in [2.75, 3.05) is 28.2 Å². The van der Waals surface area contributed by atoms with Crippen molar-refractivity contribution in [3.05, 3.63) is 17.8 Å². The van der Waals surface area contributed by atoms with Gasteiger partial charge in [0.25, 0.3) is 0 Å². The number of aromatic nitrogens is 4. The smallest absolute Gasteiger partial charge is 0.277 e. The first-order valence-corrected chi connectivity index (χ1v) is 5.58. The number of hydrogen-bond donors (Lipinski definition) is 0. The second-order valence-electron chi connectivity index (χ2n) is 4.42. The van der Waals surface area contributed by atoms with Gasteiger partial charge < -0.3 is 0 Å². The van der Waals surface area contributed by atoms with Crippen molar-refractivity contribution in [1.29, 1.82) is 0 Å². The van der Waals surface area contributed by atoms with Gasteiger partial charge in [-0.05, 0) is 29.1 Å². The van der Waals surface area contributed by atoms with Gasteiger partial charge in [-0.2, -0.15) is 0 Å². The molecule has 2 aromatic heterocycles. The number of pyridine rings is 1. The average Bonchev–Trinajstić information content (AvgIpc) is 2.67. The van der Waals surface area contributed by atoms with E-state index in [1.54, 1.807) is 0 Å². The molecular weight excluding hydrogens is 232 g/mol. The first-order valence-electron chi connectivity index (χ1n) is 5.58. The minimum Gasteiger partial charge on any atom is -0.277 e. The van der Waals surface area contributed by atoms with E-state index in [9.17, 15) is 0 Å². The molecule has 0 atom stereocenters. The molecule has 2 heterocycles. The van der Waals surface area contributed by atoms with Gasteiger partial charge in [-0.1, -0.05) is 0 Å². The lowest BCUT2D eigenvalue weighted by molar-refractivity contribution is -0.480. The van der Waals surface area contributed by atoms with E-state index in [0.29, 0.717) is 17.2 Å². The molecule has 0 aromatic carbocycles. The van der Waals surface area contributed by atoms with Crippen LogP contribution in [0.1, 0.15) is 5.69 Å². The Kier molecular flexibility index (Phi) is 3.14. The third-order valence-corrected chi connectivity index (χ3v) is 2.34. The molecule has 0 saturated heterocycles. The highest BCUT2D eigenvalue weighted by atomic mass is 16.7. The van der Waals surface area contributed by atoms with Gasteiger partial charge in [0.2, 0.25) is 5.65 Å². The van der Waals surface area contributed by atoms with E-state index in [1.165, 1.54) is 4.85 Å². The van der Waals surface area contributed by atoms with Crippen molar-refractivity contribution in [3.8, 4) is 0 Å². The Bertz CT molecular complexity index is 597. The number of aryl methyl sites for hydroxylation is 1. The number of amidine groups is 1. The summed E-state index contributed by atoms with van der Waals surface area (Å²) >= 11 is 0.